The van der Waals surface area contributed by atoms with Crippen LogP contribution in [0, 0.1) is 0 Å². The second-order valence-electron chi connectivity index (χ2n) is 7.75. The summed E-state index contributed by atoms with van der Waals surface area (Å²) in [5, 5.41) is 3.32. The van der Waals surface area contributed by atoms with E-state index in [0.717, 1.165) is 29.9 Å². The number of ether oxygens (including phenoxy) is 2. The fraction of sp³-hybridized carbons (Fsp3) is 0.409. The van der Waals surface area contributed by atoms with Gasteiger partial charge >= 0.3 is 0 Å². The summed E-state index contributed by atoms with van der Waals surface area (Å²) in [7, 11) is 1.61. The predicted octanol–water partition coefficient (Wildman–Crippen LogP) is 2.18. The fourth-order valence-corrected chi connectivity index (χ4v) is 4.50. The highest BCUT2D eigenvalue weighted by Gasteiger charge is 2.38. The SMILES string of the molecule is COc1ccc([C@@H]2C3=C(CCCC3=O)Nc3nc(N4CCOCC4)[nH]c(=O)c32)cc1. The number of ketones is 1. The molecule has 0 unspecified atom stereocenters. The minimum atomic E-state index is -0.440. The smallest absolute Gasteiger partial charge is 0.258 e. The minimum absolute atomic E-state index is 0.0897. The number of anilines is 2. The Morgan fingerprint density at radius 2 is 1.90 bits per heavy atom. The summed E-state index contributed by atoms with van der Waals surface area (Å²) in [6.07, 6.45) is 2.07. The number of nitrogens with zero attached hydrogens (tertiary/aromatic N) is 2. The van der Waals surface area contributed by atoms with Crippen LogP contribution in [0.2, 0.25) is 0 Å². The third-order valence-corrected chi connectivity index (χ3v) is 6.01. The van der Waals surface area contributed by atoms with Gasteiger partial charge in [0.2, 0.25) is 5.95 Å². The molecular weight excluding hydrogens is 384 g/mol. The minimum Gasteiger partial charge on any atom is -0.497 e. The number of Topliss-reactive ketones (excluding diaryl/α,β-unsaturated/α-hetero) is 1. The number of hydrogen-bond acceptors (Lipinski definition) is 7. The first-order valence-electron chi connectivity index (χ1n) is 10.3. The Labute approximate surface area is 173 Å². The molecule has 2 aliphatic heterocycles. The highest BCUT2D eigenvalue weighted by Crippen LogP contribution is 2.43. The largest absolute Gasteiger partial charge is 0.497 e. The molecule has 1 fully saturated rings. The Bertz CT molecular complexity index is 1070. The first-order chi connectivity index (χ1) is 14.7. The average molecular weight is 408 g/mol. The van der Waals surface area contributed by atoms with Crippen molar-refractivity contribution >= 4 is 17.5 Å². The van der Waals surface area contributed by atoms with Crippen LogP contribution in [0.5, 0.6) is 5.75 Å². The van der Waals surface area contributed by atoms with E-state index < -0.39 is 5.92 Å². The summed E-state index contributed by atoms with van der Waals surface area (Å²) in [6.45, 7) is 2.56. The molecule has 0 saturated carbocycles. The molecule has 0 bridgehead atoms. The molecule has 30 heavy (non-hydrogen) atoms. The summed E-state index contributed by atoms with van der Waals surface area (Å²) in [5.74, 6) is 1.45. The highest BCUT2D eigenvalue weighted by molar-refractivity contribution is 6.00. The standard InChI is InChI=1S/C22H24N4O4/c1-29-14-7-5-13(6-8-14)17-18-15(3-2-4-16(18)27)23-20-19(17)21(28)25-22(24-20)26-9-11-30-12-10-26/h5-8,17H,2-4,9-12H2,1H3,(H2,23,24,25,28)/t17-/m1/s1. The topological polar surface area (TPSA) is 96.5 Å². The van der Waals surface area contributed by atoms with Crippen molar-refractivity contribution in [1.82, 2.24) is 9.97 Å². The second-order valence-corrected chi connectivity index (χ2v) is 7.75. The fourth-order valence-electron chi connectivity index (χ4n) is 4.50. The Morgan fingerprint density at radius 3 is 2.63 bits per heavy atom. The van der Waals surface area contributed by atoms with Gasteiger partial charge in [0.15, 0.2) is 5.78 Å². The number of methoxy groups -OCH3 is 1. The number of aromatic amines is 1. The van der Waals surface area contributed by atoms with Crippen LogP contribution in [-0.4, -0.2) is 49.2 Å². The van der Waals surface area contributed by atoms with Crippen LogP contribution in [-0.2, 0) is 9.53 Å². The number of H-pyrrole nitrogens is 1. The number of fused-ring (bicyclic) bond motifs is 1. The van der Waals surface area contributed by atoms with Crippen molar-refractivity contribution < 1.29 is 14.3 Å². The van der Waals surface area contributed by atoms with Crippen LogP contribution in [0.15, 0.2) is 40.3 Å². The molecule has 2 N–H and O–H groups in total. The molecule has 3 heterocycles. The summed E-state index contributed by atoms with van der Waals surface area (Å²) >= 11 is 0. The number of hydrogen-bond donors (Lipinski definition) is 2. The van der Waals surface area contributed by atoms with E-state index in [1.807, 2.05) is 29.2 Å². The van der Waals surface area contributed by atoms with Crippen LogP contribution in [0.4, 0.5) is 11.8 Å². The maximum absolute atomic E-state index is 13.3. The van der Waals surface area contributed by atoms with Gasteiger partial charge in [-0.2, -0.15) is 4.98 Å². The van der Waals surface area contributed by atoms with Gasteiger partial charge in [0, 0.05) is 36.7 Å². The lowest BCUT2D eigenvalue weighted by molar-refractivity contribution is -0.116. The van der Waals surface area contributed by atoms with E-state index in [0.29, 0.717) is 55.6 Å². The van der Waals surface area contributed by atoms with Gasteiger partial charge in [-0.1, -0.05) is 12.1 Å². The lowest BCUT2D eigenvalue weighted by atomic mass is 9.76. The summed E-state index contributed by atoms with van der Waals surface area (Å²) in [5.41, 5.74) is 2.72. The van der Waals surface area contributed by atoms with E-state index >= 15 is 0 Å². The van der Waals surface area contributed by atoms with Crippen LogP contribution in [0.25, 0.3) is 0 Å². The molecule has 0 radical (unpaired) electrons. The molecule has 1 aromatic heterocycles. The van der Waals surface area contributed by atoms with Gasteiger partial charge in [-0.15, -0.1) is 0 Å². The van der Waals surface area contributed by atoms with Crippen LogP contribution in [0.1, 0.15) is 36.3 Å². The van der Waals surface area contributed by atoms with Gasteiger partial charge in [0.05, 0.1) is 25.9 Å². The number of benzene rings is 1. The summed E-state index contributed by atoms with van der Waals surface area (Å²) in [4.78, 5) is 35.9. The predicted molar refractivity (Wildman–Crippen MR) is 112 cm³/mol. The van der Waals surface area contributed by atoms with Crippen LogP contribution in [0.3, 0.4) is 0 Å². The van der Waals surface area contributed by atoms with Gasteiger partial charge in [-0.25, -0.2) is 0 Å². The van der Waals surface area contributed by atoms with Crippen molar-refractivity contribution in [1.29, 1.82) is 0 Å². The molecule has 5 rings (SSSR count). The molecule has 2 aromatic rings. The number of aromatic nitrogens is 2. The summed E-state index contributed by atoms with van der Waals surface area (Å²) in [6, 6.07) is 7.55. The zero-order valence-corrected chi connectivity index (χ0v) is 16.9. The molecule has 8 heteroatoms. The molecule has 0 spiro atoms. The highest BCUT2D eigenvalue weighted by atomic mass is 16.5. The maximum Gasteiger partial charge on any atom is 0.258 e. The van der Waals surface area contributed by atoms with Crippen molar-refractivity contribution in [3.63, 3.8) is 0 Å². The quantitative estimate of drug-likeness (QED) is 0.804. The molecule has 1 saturated heterocycles. The van der Waals surface area contributed by atoms with Crippen molar-refractivity contribution in [2.24, 2.45) is 0 Å². The Kier molecular flexibility index (Phi) is 4.78. The first-order valence-corrected chi connectivity index (χ1v) is 10.3. The van der Waals surface area contributed by atoms with Gasteiger partial charge in [0.1, 0.15) is 11.6 Å². The van der Waals surface area contributed by atoms with Gasteiger partial charge in [-0.3, -0.25) is 14.6 Å². The van der Waals surface area contributed by atoms with Gasteiger partial charge in [0.25, 0.3) is 5.56 Å². The summed E-state index contributed by atoms with van der Waals surface area (Å²) < 4.78 is 10.7. The van der Waals surface area contributed by atoms with Crippen molar-refractivity contribution in [3.05, 3.63) is 57.0 Å². The number of morpholine rings is 1. The second kappa shape index (κ2) is 7.60. The lowest BCUT2D eigenvalue weighted by Gasteiger charge is -2.34. The monoisotopic (exact) mass is 408 g/mol. The molecule has 1 aromatic carbocycles. The van der Waals surface area contributed by atoms with Crippen molar-refractivity contribution in [2.45, 2.75) is 25.2 Å². The Morgan fingerprint density at radius 1 is 1.13 bits per heavy atom. The average Bonchev–Trinajstić information content (AvgIpc) is 2.78. The third-order valence-electron chi connectivity index (χ3n) is 6.01. The third kappa shape index (κ3) is 3.17. The van der Waals surface area contributed by atoms with E-state index in [1.165, 1.54) is 0 Å². The first kappa shape index (κ1) is 18.9. The number of carbonyl (C=O) groups excluding carboxylic acids is 1. The van der Waals surface area contributed by atoms with Crippen LogP contribution >= 0.6 is 0 Å². The number of rotatable bonds is 3. The Hall–Kier alpha value is -3.13. The molecule has 8 nitrogen and oxygen atoms in total. The van der Waals surface area contributed by atoms with E-state index in [1.54, 1.807) is 7.11 Å². The normalized spacial score (nSPS) is 21.0. The van der Waals surface area contributed by atoms with Gasteiger partial charge in [-0.05, 0) is 30.5 Å². The van der Waals surface area contributed by atoms with Crippen molar-refractivity contribution in [2.75, 3.05) is 43.6 Å². The Balaban J connectivity index is 1.65. The zero-order chi connectivity index (χ0) is 20.7. The molecule has 1 atom stereocenters. The number of nitrogens with one attached hydrogen (secondary N) is 2. The molecule has 156 valence electrons. The van der Waals surface area contributed by atoms with Crippen LogP contribution < -0.4 is 20.5 Å². The van der Waals surface area contributed by atoms with Crippen molar-refractivity contribution in [3.8, 4) is 5.75 Å². The molecule has 0 amide bonds. The zero-order valence-electron chi connectivity index (χ0n) is 16.9. The van der Waals surface area contributed by atoms with Gasteiger partial charge < -0.3 is 19.7 Å². The maximum atomic E-state index is 13.3. The molecule has 3 aliphatic rings. The number of allylic oxidation sites excluding steroid dienone is 2. The van der Waals surface area contributed by atoms with E-state index in [-0.39, 0.29) is 11.3 Å². The number of carbonyl (C=O) groups is 1. The van der Waals surface area contributed by atoms with E-state index in [9.17, 15) is 9.59 Å². The van der Waals surface area contributed by atoms with E-state index in [4.69, 9.17) is 14.5 Å². The molecular formula is C22H24N4O4. The molecule has 1 aliphatic carbocycles. The van der Waals surface area contributed by atoms with E-state index in [2.05, 4.69) is 10.3 Å². The lowest BCUT2D eigenvalue weighted by Crippen LogP contribution is -2.40.